The van der Waals surface area contributed by atoms with Crippen LogP contribution in [-0.2, 0) is 9.53 Å². The fourth-order valence-electron chi connectivity index (χ4n) is 4.71. The normalized spacial score (nSPS) is 15.3. The topological polar surface area (TPSA) is 108 Å². The van der Waals surface area contributed by atoms with E-state index in [4.69, 9.17) is 14.8 Å². The Morgan fingerprint density at radius 1 is 1.08 bits per heavy atom. The van der Waals surface area contributed by atoms with Gasteiger partial charge in [0.1, 0.15) is 11.5 Å². The van der Waals surface area contributed by atoms with Crippen molar-refractivity contribution in [2.45, 2.75) is 13.8 Å². The van der Waals surface area contributed by atoms with E-state index in [1.165, 1.54) is 0 Å². The molecule has 1 spiro atoms. The van der Waals surface area contributed by atoms with E-state index in [-0.39, 0.29) is 0 Å². The summed E-state index contributed by atoms with van der Waals surface area (Å²) in [5, 5.41) is 17.1. The SMILES string of the molecule is CNc1ccn2nc(-c3cccc(C#N)c3)c(-c3cc(C)nc(C)c3)c2n1.O=CN1CC2(COC2)C1. The number of aromatic nitrogens is 4. The van der Waals surface area contributed by atoms with Crippen LogP contribution in [0.1, 0.15) is 17.0 Å². The lowest BCUT2D eigenvalue weighted by molar-refractivity contribution is -0.188. The first-order chi connectivity index (χ1) is 17.4. The van der Waals surface area contributed by atoms with Crippen molar-refractivity contribution >= 4 is 17.9 Å². The number of aryl methyl sites for hydroxylation is 2. The first-order valence-corrected chi connectivity index (χ1v) is 11.7. The molecular weight excluding hydrogens is 454 g/mol. The van der Waals surface area contributed by atoms with Crippen LogP contribution in [0.3, 0.4) is 0 Å². The molecule has 3 aromatic heterocycles. The van der Waals surface area contributed by atoms with Gasteiger partial charge in [-0.3, -0.25) is 9.78 Å². The lowest BCUT2D eigenvalue weighted by atomic mass is 9.78. The summed E-state index contributed by atoms with van der Waals surface area (Å²) in [6, 6.07) is 15.6. The molecule has 1 N–H and O–H groups in total. The van der Waals surface area contributed by atoms with Crippen molar-refractivity contribution in [1.82, 2.24) is 24.5 Å². The van der Waals surface area contributed by atoms with Gasteiger partial charge in [-0.15, -0.1) is 0 Å². The predicted molar refractivity (Wildman–Crippen MR) is 136 cm³/mol. The minimum atomic E-state index is 0.390. The Morgan fingerprint density at radius 3 is 2.44 bits per heavy atom. The van der Waals surface area contributed by atoms with Crippen LogP contribution in [0, 0.1) is 30.6 Å². The number of likely N-dealkylation sites (tertiary alicyclic amines) is 1. The Balaban J connectivity index is 0.000000247. The van der Waals surface area contributed by atoms with Gasteiger partial charge in [-0.2, -0.15) is 10.4 Å². The average Bonchev–Trinajstić information content (AvgIpc) is 3.21. The van der Waals surface area contributed by atoms with Crippen LogP contribution in [0.4, 0.5) is 5.82 Å². The van der Waals surface area contributed by atoms with Crippen LogP contribution >= 0.6 is 0 Å². The number of ether oxygens (including phenoxy) is 1. The second-order valence-electron chi connectivity index (χ2n) is 9.39. The third-order valence-electron chi connectivity index (χ3n) is 6.42. The number of anilines is 1. The zero-order chi connectivity index (χ0) is 25.3. The maximum absolute atomic E-state index is 10.1. The van der Waals surface area contributed by atoms with E-state index in [2.05, 4.69) is 16.4 Å². The molecule has 0 unspecified atom stereocenters. The molecule has 182 valence electrons. The van der Waals surface area contributed by atoms with E-state index in [0.717, 1.165) is 78.0 Å². The Morgan fingerprint density at radius 2 is 1.83 bits per heavy atom. The quantitative estimate of drug-likeness (QED) is 0.445. The average molecular weight is 482 g/mol. The van der Waals surface area contributed by atoms with Crippen molar-refractivity contribution < 1.29 is 9.53 Å². The van der Waals surface area contributed by atoms with Gasteiger partial charge >= 0.3 is 0 Å². The van der Waals surface area contributed by atoms with Crippen molar-refractivity contribution in [3.8, 4) is 28.5 Å². The molecule has 1 aromatic carbocycles. The Labute approximate surface area is 209 Å². The van der Waals surface area contributed by atoms with E-state index in [0.29, 0.717) is 11.0 Å². The fraction of sp³-hybridized carbons (Fsp3) is 0.296. The van der Waals surface area contributed by atoms with Crippen molar-refractivity contribution in [3.63, 3.8) is 0 Å². The molecule has 2 fully saturated rings. The highest BCUT2D eigenvalue weighted by Gasteiger charge is 2.48. The maximum atomic E-state index is 10.1. The molecule has 0 atom stereocenters. The second-order valence-corrected chi connectivity index (χ2v) is 9.39. The highest BCUT2D eigenvalue weighted by atomic mass is 16.5. The summed E-state index contributed by atoms with van der Waals surface area (Å²) >= 11 is 0. The summed E-state index contributed by atoms with van der Waals surface area (Å²) in [6.45, 7) is 7.50. The van der Waals surface area contributed by atoms with Crippen LogP contribution in [0.5, 0.6) is 0 Å². The van der Waals surface area contributed by atoms with Gasteiger partial charge in [0.2, 0.25) is 6.41 Å². The van der Waals surface area contributed by atoms with Crippen LogP contribution in [-0.4, -0.2) is 64.2 Å². The first kappa shape index (κ1) is 23.5. The van der Waals surface area contributed by atoms with E-state index < -0.39 is 0 Å². The molecule has 36 heavy (non-hydrogen) atoms. The molecule has 2 aliphatic rings. The van der Waals surface area contributed by atoms with Gasteiger partial charge in [-0.25, -0.2) is 9.50 Å². The Hall–Kier alpha value is -4.29. The molecule has 4 aromatic rings. The Kier molecular flexibility index (Phi) is 6.12. The largest absolute Gasteiger partial charge is 0.380 e. The minimum absolute atomic E-state index is 0.390. The van der Waals surface area contributed by atoms with Crippen LogP contribution < -0.4 is 5.32 Å². The molecule has 0 bridgehead atoms. The number of carbonyl (C=O) groups excluding carboxylic acids is 1. The summed E-state index contributed by atoms with van der Waals surface area (Å²) in [5.41, 5.74) is 7.22. The second kappa shape index (κ2) is 9.40. The van der Waals surface area contributed by atoms with Gasteiger partial charge in [0, 0.05) is 43.3 Å². The Bertz CT molecular complexity index is 1460. The predicted octanol–water partition coefficient (Wildman–Crippen LogP) is 3.46. The summed E-state index contributed by atoms with van der Waals surface area (Å²) in [7, 11) is 1.84. The third-order valence-corrected chi connectivity index (χ3v) is 6.42. The number of carbonyl (C=O) groups is 1. The number of benzene rings is 1. The first-order valence-electron chi connectivity index (χ1n) is 11.7. The van der Waals surface area contributed by atoms with Crippen LogP contribution in [0.2, 0.25) is 0 Å². The van der Waals surface area contributed by atoms with Crippen molar-refractivity contribution in [1.29, 1.82) is 5.26 Å². The van der Waals surface area contributed by atoms with Gasteiger partial charge in [0.25, 0.3) is 0 Å². The standard InChI is InChI=1S/C21H18N6.C6H9NO2/c1-13-9-17(10-14(2)24-13)19-20(16-6-4-5-15(11-16)12-22)26-27-8-7-18(23-3)25-21(19)27;8-5-7-1-6(2-7)3-9-4-6/h4-11H,1-3H3,(H,23,25);5H,1-4H2. The summed E-state index contributed by atoms with van der Waals surface area (Å²) < 4.78 is 6.80. The molecule has 9 heteroatoms. The highest BCUT2D eigenvalue weighted by Crippen LogP contribution is 2.37. The molecule has 0 radical (unpaired) electrons. The third kappa shape index (κ3) is 4.39. The van der Waals surface area contributed by atoms with Crippen LogP contribution in [0.25, 0.3) is 28.0 Å². The highest BCUT2D eigenvalue weighted by molar-refractivity contribution is 5.91. The van der Waals surface area contributed by atoms with Gasteiger partial charge in [0.15, 0.2) is 5.65 Å². The van der Waals surface area contributed by atoms with E-state index >= 15 is 0 Å². The van der Waals surface area contributed by atoms with Gasteiger partial charge in [0.05, 0.1) is 35.8 Å². The van der Waals surface area contributed by atoms with Crippen LogP contribution in [0.15, 0.2) is 48.7 Å². The minimum Gasteiger partial charge on any atom is -0.380 e. The monoisotopic (exact) mass is 481 g/mol. The summed E-state index contributed by atoms with van der Waals surface area (Å²) in [4.78, 5) is 21.1. The lowest BCUT2D eigenvalue weighted by Crippen LogP contribution is -2.65. The number of nitriles is 1. The number of nitrogens with one attached hydrogen (secondary N) is 1. The van der Waals surface area contributed by atoms with Gasteiger partial charge < -0.3 is 15.0 Å². The number of nitrogens with zero attached hydrogens (tertiary/aromatic N) is 6. The molecule has 9 nitrogen and oxygen atoms in total. The van der Waals surface area contributed by atoms with Crippen molar-refractivity contribution in [2.24, 2.45) is 5.41 Å². The maximum Gasteiger partial charge on any atom is 0.209 e. The molecule has 2 saturated heterocycles. The zero-order valence-corrected chi connectivity index (χ0v) is 20.5. The number of pyridine rings is 1. The zero-order valence-electron chi connectivity index (χ0n) is 20.5. The molecule has 2 aliphatic heterocycles. The molecule has 5 heterocycles. The smallest absolute Gasteiger partial charge is 0.209 e. The lowest BCUT2D eigenvalue weighted by Gasteiger charge is -2.53. The van der Waals surface area contributed by atoms with E-state index in [9.17, 15) is 10.1 Å². The van der Waals surface area contributed by atoms with E-state index in [1.807, 2.05) is 63.5 Å². The van der Waals surface area contributed by atoms with Crippen molar-refractivity contribution in [3.05, 3.63) is 65.6 Å². The molecule has 0 saturated carbocycles. The fourth-order valence-corrected chi connectivity index (χ4v) is 4.71. The number of amides is 1. The summed E-state index contributed by atoms with van der Waals surface area (Å²) in [6.07, 6.45) is 2.79. The molecule has 1 amide bonds. The number of rotatable bonds is 4. The summed E-state index contributed by atoms with van der Waals surface area (Å²) in [5.74, 6) is 0.767. The van der Waals surface area contributed by atoms with E-state index in [1.54, 1.807) is 15.5 Å². The van der Waals surface area contributed by atoms with Gasteiger partial charge in [-0.05, 0) is 49.7 Å². The molecule has 0 aliphatic carbocycles. The number of hydrogen-bond acceptors (Lipinski definition) is 7. The number of fused-ring (bicyclic) bond motifs is 1. The van der Waals surface area contributed by atoms with Crippen molar-refractivity contribution in [2.75, 3.05) is 38.7 Å². The number of hydrogen-bond donors (Lipinski definition) is 1. The molecular formula is C27H27N7O2. The van der Waals surface area contributed by atoms with Gasteiger partial charge in [-0.1, -0.05) is 12.1 Å². The molecule has 6 rings (SSSR count).